The van der Waals surface area contributed by atoms with Crippen LogP contribution in [-0.2, 0) is 32.7 Å². The minimum Gasteiger partial charge on any atom is -0.462 e. The smallest absolute Gasteiger partial charge is 0.462 e. The van der Waals surface area contributed by atoms with Gasteiger partial charge in [-0.1, -0.05) is 178 Å². The molecule has 0 amide bonds. The normalized spacial score (nSPS) is 14.0. The summed E-state index contributed by atoms with van der Waals surface area (Å²) in [6, 6.07) is 0. The van der Waals surface area contributed by atoms with Crippen LogP contribution in [0.15, 0.2) is 48.6 Å². The van der Waals surface area contributed by atoms with Crippen molar-refractivity contribution in [3.05, 3.63) is 48.6 Å². The Hall–Kier alpha value is -2.03. The van der Waals surface area contributed by atoms with E-state index in [2.05, 4.69) is 38.2 Å². The highest BCUT2D eigenvalue weighted by molar-refractivity contribution is 7.47. The molecule has 1 N–H and O–H groups in total. The van der Waals surface area contributed by atoms with Crippen LogP contribution in [0.4, 0.5) is 0 Å². The van der Waals surface area contributed by atoms with Crippen LogP contribution >= 0.6 is 7.82 Å². The van der Waals surface area contributed by atoms with Gasteiger partial charge in [0.1, 0.15) is 19.8 Å². The highest BCUT2D eigenvalue weighted by Gasteiger charge is 2.26. The van der Waals surface area contributed by atoms with E-state index >= 15 is 0 Å². The summed E-state index contributed by atoms with van der Waals surface area (Å²) in [7, 11) is 1.42. The van der Waals surface area contributed by atoms with Crippen molar-refractivity contribution in [3.63, 3.8) is 0 Å². The Labute approximate surface area is 356 Å². The molecule has 0 heterocycles. The molecule has 0 radical (unpaired) electrons. The maximum Gasteiger partial charge on any atom is 0.472 e. The third kappa shape index (κ3) is 43.5. The van der Waals surface area contributed by atoms with Gasteiger partial charge in [-0.25, -0.2) is 9.36 Å². The standard InChI is InChI=1S/C48H88NO8P/c1-6-8-10-12-14-16-18-20-22-23-24-25-27-28-30-32-34-36-38-40-47(50)54-44-46(45-56-58(52,53)55-43-42-49(3,4)5)57-48(51)41-39-37-35-33-31-29-26-21-19-17-15-13-11-9-7-2/h14,16,20,22,35,37,39,41,46H,6-13,15,17-19,21,23-34,36,38,40,42-45H2,1-5H3/p+1/b16-14+,22-20+,37-35+,41-39+/t46-/m1/s1. The van der Waals surface area contributed by atoms with E-state index in [9.17, 15) is 19.0 Å². The van der Waals surface area contributed by atoms with Crippen molar-refractivity contribution in [1.29, 1.82) is 0 Å². The fourth-order valence-electron chi connectivity index (χ4n) is 6.25. The van der Waals surface area contributed by atoms with E-state index in [4.69, 9.17) is 18.5 Å². The molecule has 0 rings (SSSR count). The minimum absolute atomic E-state index is 0.0144. The van der Waals surface area contributed by atoms with Crippen LogP contribution in [0.5, 0.6) is 0 Å². The lowest BCUT2D eigenvalue weighted by molar-refractivity contribution is -0.870. The van der Waals surface area contributed by atoms with E-state index in [0.29, 0.717) is 11.0 Å². The topological polar surface area (TPSA) is 108 Å². The summed E-state index contributed by atoms with van der Waals surface area (Å²) in [5.74, 6) is -1.05. The van der Waals surface area contributed by atoms with Crippen LogP contribution in [0.3, 0.4) is 0 Å². The summed E-state index contributed by atoms with van der Waals surface area (Å²) < 4.78 is 34.1. The predicted molar refractivity (Wildman–Crippen MR) is 243 cm³/mol. The summed E-state index contributed by atoms with van der Waals surface area (Å²) in [6.45, 7) is 4.27. The number of hydrogen-bond donors (Lipinski definition) is 1. The second-order valence-corrected chi connectivity index (χ2v) is 18.3. The zero-order valence-corrected chi connectivity index (χ0v) is 38.9. The number of likely N-dealkylation sites (N-methyl/N-ethyl adjacent to an activating group) is 1. The van der Waals surface area contributed by atoms with E-state index in [1.165, 1.54) is 128 Å². The molecule has 1 unspecified atom stereocenters. The Kier molecular flexibility index (Phi) is 39.0. The van der Waals surface area contributed by atoms with Crippen LogP contribution in [0.25, 0.3) is 0 Å². The number of nitrogens with zero attached hydrogens (tertiary/aromatic N) is 1. The number of rotatable bonds is 42. The first kappa shape index (κ1) is 56.0. The molecule has 2 atom stereocenters. The number of unbranched alkanes of at least 4 members (excludes halogenated alkanes) is 23. The molecule has 10 heteroatoms. The molecular formula is C48H89NO8P+. The first-order chi connectivity index (χ1) is 28.0. The van der Waals surface area contributed by atoms with Gasteiger partial charge in [0.2, 0.25) is 0 Å². The molecule has 338 valence electrons. The van der Waals surface area contributed by atoms with Crippen molar-refractivity contribution in [1.82, 2.24) is 0 Å². The fraction of sp³-hybridized carbons (Fsp3) is 0.792. The Morgan fingerprint density at radius 2 is 1.05 bits per heavy atom. The van der Waals surface area contributed by atoms with Crippen LogP contribution in [0, 0.1) is 0 Å². The Morgan fingerprint density at radius 1 is 0.586 bits per heavy atom. The largest absolute Gasteiger partial charge is 0.472 e. The molecular weight excluding hydrogens is 750 g/mol. The van der Waals surface area contributed by atoms with Gasteiger partial charge in [0, 0.05) is 12.5 Å². The van der Waals surface area contributed by atoms with Crippen LogP contribution in [0.1, 0.15) is 194 Å². The second-order valence-electron chi connectivity index (χ2n) is 16.9. The SMILES string of the molecule is CCCCC/C=C/C/C=C/CCCCCCCCCCCC(=O)OC[C@H](COP(=O)(O)OCC[N+](C)(C)C)OC(=O)/C=C/C=C/CCCCCCCCCCCCC. The minimum atomic E-state index is -4.40. The zero-order chi connectivity index (χ0) is 42.8. The first-order valence-electron chi connectivity index (χ1n) is 23.4. The lowest BCUT2D eigenvalue weighted by Gasteiger charge is -2.24. The maximum absolute atomic E-state index is 12.6. The van der Waals surface area contributed by atoms with Gasteiger partial charge in [-0.3, -0.25) is 13.8 Å². The van der Waals surface area contributed by atoms with Gasteiger partial charge in [0.25, 0.3) is 0 Å². The Bertz CT molecular complexity index is 1130. The number of ether oxygens (including phenoxy) is 2. The third-order valence-corrected chi connectivity index (χ3v) is 10.9. The number of hydrogen-bond acceptors (Lipinski definition) is 7. The summed E-state index contributed by atoms with van der Waals surface area (Å²) in [5.41, 5.74) is 0. The summed E-state index contributed by atoms with van der Waals surface area (Å²) in [5, 5.41) is 0. The lowest BCUT2D eigenvalue weighted by Crippen LogP contribution is -2.37. The van der Waals surface area contributed by atoms with Crippen LogP contribution in [0.2, 0.25) is 0 Å². The van der Waals surface area contributed by atoms with Gasteiger partial charge < -0.3 is 18.9 Å². The number of phosphoric acid groups is 1. The maximum atomic E-state index is 12.6. The molecule has 0 aliphatic heterocycles. The molecule has 0 bridgehead atoms. The number of allylic oxidation sites excluding steroid dienone is 7. The fourth-order valence-corrected chi connectivity index (χ4v) is 6.99. The van der Waals surface area contributed by atoms with Crippen molar-refractivity contribution >= 4 is 19.8 Å². The number of quaternary nitrogens is 1. The monoisotopic (exact) mass is 839 g/mol. The van der Waals surface area contributed by atoms with E-state index in [1.54, 1.807) is 6.08 Å². The van der Waals surface area contributed by atoms with Gasteiger partial charge in [-0.05, 0) is 51.4 Å². The van der Waals surface area contributed by atoms with E-state index < -0.39 is 32.5 Å². The molecule has 0 aromatic carbocycles. The summed E-state index contributed by atoms with van der Waals surface area (Å²) >= 11 is 0. The van der Waals surface area contributed by atoms with E-state index in [0.717, 1.165) is 51.4 Å². The van der Waals surface area contributed by atoms with Gasteiger partial charge in [0.15, 0.2) is 6.10 Å². The number of carbonyl (C=O) groups is 2. The average Bonchev–Trinajstić information content (AvgIpc) is 3.17. The molecule has 0 aliphatic carbocycles. The highest BCUT2D eigenvalue weighted by Crippen LogP contribution is 2.43. The molecule has 0 fully saturated rings. The van der Waals surface area contributed by atoms with Gasteiger partial charge >= 0.3 is 19.8 Å². The number of carbonyl (C=O) groups excluding carboxylic acids is 2. The number of phosphoric ester groups is 1. The van der Waals surface area contributed by atoms with Gasteiger partial charge in [-0.2, -0.15) is 0 Å². The molecule has 0 aromatic heterocycles. The molecule has 58 heavy (non-hydrogen) atoms. The van der Waals surface area contributed by atoms with Crippen molar-refractivity contribution < 1.29 is 42.1 Å². The van der Waals surface area contributed by atoms with Crippen molar-refractivity contribution in [2.75, 3.05) is 47.5 Å². The van der Waals surface area contributed by atoms with Gasteiger partial charge in [-0.15, -0.1) is 0 Å². The van der Waals surface area contributed by atoms with E-state index in [-0.39, 0.29) is 19.6 Å². The molecule has 0 aliphatic rings. The number of esters is 2. The zero-order valence-electron chi connectivity index (χ0n) is 38.0. The molecule has 9 nitrogen and oxygen atoms in total. The van der Waals surface area contributed by atoms with Crippen LogP contribution in [-0.4, -0.2) is 74.9 Å². The predicted octanol–water partition coefficient (Wildman–Crippen LogP) is 13.5. The van der Waals surface area contributed by atoms with Crippen molar-refractivity contribution in [3.8, 4) is 0 Å². The highest BCUT2D eigenvalue weighted by atomic mass is 31.2. The van der Waals surface area contributed by atoms with Crippen LogP contribution < -0.4 is 0 Å². The van der Waals surface area contributed by atoms with Crippen molar-refractivity contribution in [2.45, 2.75) is 200 Å². The second kappa shape index (κ2) is 40.4. The molecule has 0 spiro atoms. The first-order valence-corrected chi connectivity index (χ1v) is 24.9. The summed E-state index contributed by atoms with van der Waals surface area (Å²) in [6.07, 6.45) is 47.9. The molecule has 0 aromatic rings. The lowest BCUT2D eigenvalue weighted by atomic mass is 10.1. The summed E-state index contributed by atoms with van der Waals surface area (Å²) in [4.78, 5) is 35.3. The quantitative estimate of drug-likeness (QED) is 0.0123. The van der Waals surface area contributed by atoms with Crippen molar-refractivity contribution in [2.24, 2.45) is 0 Å². The Morgan fingerprint density at radius 3 is 1.59 bits per heavy atom. The van der Waals surface area contributed by atoms with E-state index in [1.807, 2.05) is 33.3 Å². The van der Waals surface area contributed by atoms with Gasteiger partial charge in [0.05, 0.1) is 27.7 Å². The molecule has 0 saturated heterocycles. The third-order valence-electron chi connectivity index (χ3n) is 9.94. The average molecular weight is 839 g/mol. The molecule has 0 saturated carbocycles. The Balaban J connectivity index is 4.39.